The number of nitrogens with two attached hydrogens (primary N) is 1. The summed E-state index contributed by atoms with van der Waals surface area (Å²) in [5.74, 6) is -0.506. The quantitative estimate of drug-likeness (QED) is 0.668. The average Bonchev–Trinajstić information content (AvgIpc) is 2.29. The number of hydrogen-bond donors (Lipinski definition) is 1. The van der Waals surface area contributed by atoms with Crippen LogP contribution in [0.4, 0.5) is 14.5 Å². The van der Waals surface area contributed by atoms with Gasteiger partial charge in [-0.3, -0.25) is 4.79 Å². The molecule has 0 spiro atoms. The van der Waals surface area contributed by atoms with Crippen LogP contribution >= 0.6 is 15.9 Å². The highest BCUT2D eigenvalue weighted by Crippen LogP contribution is 2.34. The Morgan fingerprint density at radius 2 is 2.17 bits per heavy atom. The number of nitrogen functional groups attached to an aromatic ring is 1. The van der Waals surface area contributed by atoms with Crippen molar-refractivity contribution in [2.24, 2.45) is 0 Å². The van der Waals surface area contributed by atoms with E-state index in [0.29, 0.717) is 5.56 Å². The van der Waals surface area contributed by atoms with Crippen LogP contribution < -0.4 is 10.5 Å². The first-order valence-corrected chi connectivity index (χ1v) is 5.92. The van der Waals surface area contributed by atoms with Crippen molar-refractivity contribution in [1.29, 1.82) is 0 Å². The fourth-order valence-corrected chi connectivity index (χ4v) is 1.80. The van der Waals surface area contributed by atoms with Gasteiger partial charge in [-0.15, -0.1) is 0 Å². The molecular formula is C11H12BrF2NO3. The third-order valence-corrected chi connectivity index (χ3v) is 2.91. The molecular weight excluding hydrogens is 312 g/mol. The largest absolute Gasteiger partial charge is 0.466 e. The Morgan fingerprint density at radius 3 is 2.72 bits per heavy atom. The molecule has 0 aliphatic carbocycles. The van der Waals surface area contributed by atoms with Gasteiger partial charge in [0.2, 0.25) is 0 Å². The fourth-order valence-electron chi connectivity index (χ4n) is 1.32. The number of carbonyl (C=O) groups excluding carboxylic acids is 1. The lowest BCUT2D eigenvalue weighted by atomic mass is 10.1. The Labute approximate surface area is 111 Å². The van der Waals surface area contributed by atoms with Crippen molar-refractivity contribution in [2.45, 2.75) is 20.0 Å². The van der Waals surface area contributed by atoms with Crippen LogP contribution in [0.25, 0.3) is 0 Å². The average molecular weight is 324 g/mol. The van der Waals surface area contributed by atoms with Crippen molar-refractivity contribution in [1.82, 2.24) is 0 Å². The van der Waals surface area contributed by atoms with Crippen LogP contribution in [0, 0.1) is 0 Å². The highest BCUT2D eigenvalue weighted by molar-refractivity contribution is 9.10. The molecule has 0 aliphatic heterocycles. The monoisotopic (exact) mass is 323 g/mol. The number of ether oxygens (including phenoxy) is 2. The summed E-state index contributed by atoms with van der Waals surface area (Å²) in [7, 11) is 0. The van der Waals surface area contributed by atoms with Gasteiger partial charge in [-0.2, -0.15) is 8.78 Å². The summed E-state index contributed by atoms with van der Waals surface area (Å²) >= 11 is 3.05. The summed E-state index contributed by atoms with van der Waals surface area (Å²) in [6, 6.07) is 2.77. The van der Waals surface area contributed by atoms with Crippen LogP contribution in [-0.4, -0.2) is 19.2 Å². The Hall–Kier alpha value is -1.37. The number of hydrogen-bond acceptors (Lipinski definition) is 4. The van der Waals surface area contributed by atoms with Crippen LogP contribution in [0.15, 0.2) is 16.6 Å². The number of halogens is 3. The van der Waals surface area contributed by atoms with E-state index in [1.165, 1.54) is 12.1 Å². The lowest BCUT2D eigenvalue weighted by Crippen LogP contribution is -2.10. The zero-order valence-corrected chi connectivity index (χ0v) is 11.2. The van der Waals surface area contributed by atoms with Crippen LogP contribution in [0.2, 0.25) is 0 Å². The normalized spacial score (nSPS) is 10.5. The Morgan fingerprint density at radius 1 is 1.50 bits per heavy atom. The zero-order valence-electron chi connectivity index (χ0n) is 9.58. The van der Waals surface area contributed by atoms with Crippen molar-refractivity contribution in [3.8, 4) is 5.75 Å². The second-order valence-corrected chi connectivity index (χ2v) is 4.10. The maximum absolute atomic E-state index is 12.1. The second-order valence-electron chi connectivity index (χ2n) is 3.31. The summed E-state index contributed by atoms with van der Waals surface area (Å²) in [5.41, 5.74) is 6.39. The zero-order chi connectivity index (χ0) is 13.7. The van der Waals surface area contributed by atoms with E-state index in [1.54, 1.807) is 6.92 Å². The molecule has 0 fully saturated rings. The number of anilines is 1. The third-order valence-electron chi connectivity index (χ3n) is 2.09. The van der Waals surface area contributed by atoms with E-state index < -0.39 is 12.6 Å². The van der Waals surface area contributed by atoms with E-state index in [0.717, 1.165) is 0 Å². The van der Waals surface area contributed by atoms with Crippen LogP contribution in [-0.2, 0) is 16.0 Å². The van der Waals surface area contributed by atoms with Gasteiger partial charge in [-0.25, -0.2) is 0 Å². The van der Waals surface area contributed by atoms with Gasteiger partial charge in [0, 0.05) is 0 Å². The summed E-state index contributed by atoms with van der Waals surface area (Å²) < 4.78 is 33.4. The van der Waals surface area contributed by atoms with Crippen molar-refractivity contribution >= 4 is 27.6 Å². The molecule has 7 heteroatoms. The first kappa shape index (κ1) is 14.7. The van der Waals surface area contributed by atoms with Gasteiger partial charge < -0.3 is 15.2 Å². The van der Waals surface area contributed by atoms with E-state index >= 15 is 0 Å². The summed E-state index contributed by atoms with van der Waals surface area (Å²) in [4.78, 5) is 11.3. The topological polar surface area (TPSA) is 61.5 Å². The van der Waals surface area contributed by atoms with Crippen molar-refractivity contribution in [3.05, 3.63) is 22.2 Å². The van der Waals surface area contributed by atoms with Gasteiger partial charge in [0.15, 0.2) is 0 Å². The minimum absolute atomic E-state index is 0.0206. The Balaban J connectivity index is 2.90. The highest BCUT2D eigenvalue weighted by Gasteiger charge is 2.15. The molecule has 4 nitrogen and oxygen atoms in total. The number of carbonyl (C=O) groups is 1. The van der Waals surface area contributed by atoms with E-state index in [-0.39, 0.29) is 28.9 Å². The van der Waals surface area contributed by atoms with E-state index in [9.17, 15) is 13.6 Å². The number of benzene rings is 1. The standard InChI is InChI=1S/C11H12BrF2NO3/c1-2-17-8(16)5-6-3-4-7(18-11(13)14)9(12)10(6)15/h3-4,11H,2,5,15H2,1H3. The van der Waals surface area contributed by atoms with Crippen LogP contribution in [0.1, 0.15) is 12.5 Å². The fraction of sp³-hybridized carbons (Fsp3) is 0.364. The minimum atomic E-state index is -2.93. The number of alkyl halides is 2. The van der Waals surface area contributed by atoms with Gasteiger partial charge >= 0.3 is 12.6 Å². The van der Waals surface area contributed by atoms with E-state index in [4.69, 9.17) is 10.5 Å². The SMILES string of the molecule is CCOC(=O)Cc1ccc(OC(F)F)c(Br)c1N. The molecule has 1 rings (SSSR count). The molecule has 1 aromatic carbocycles. The summed E-state index contributed by atoms with van der Waals surface area (Å²) in [6.07, 6.45) is -0.0206. The summed E-state index contributed by atoms with van der Waals surface area (Å²) in [6.45, 7) is -0.972. The minimum Gasteiger partial charge on any atom is -0.466 e. The Kier molecular flexibility index (Phi) is 5.33. The van der Waals surface area contributed by atoms with Gasteiger partial charge in [0.05, 0.1) is 23.2 Å². The van der Waals surface area contributed by atoms with E-state index in [1.807, 2.05) is 0 Å². The first-order valence-electron chi connectivity index (χ1n) is 5.13. The molecule has 0 aliphatic rings. The number of rotatable bonds is 5. The Bertz CT molecular complexity index is 441. The molecule has 100 valence electrons. The molecule has 0 radical (unpaired) electrons. The molecule has 1 aromatic rings. The van der Waals surface area contributed by atoms with Crippen LogP contribution in [0.3, 0.4) is 0 Å². The van der Waals surface area contributed by atoms with Crippen LogP contribution in [0.5, 0.6) is 5.75 Å². The van der Waals surface area contributed by atoms with Crippen molar-refractivity contribution in [2.75, 3.05) is 12.3 Å². The lowest BCUT2D eigenvalue weighted by molar-refractivity contribution is -0.142. The molecule has 0 aromatic heterocycles. The maximum Gasteiger partial charge on any atom is 0.387 e. The number of esters is 1. The smallest absolute Gasteiger partial charge is 0.387 e. The molecule has 2 N–H and O–H groups in total. The summed E-state index contributed by atoms with van der Waals surface area (Å²) in [5, 5.41) is 0. The second kappa shape index (κ2) is 6.53. The van der Waals surface area contributed by atoms with Gasteiger partial charge in [-0.1, -0.05) is 6.07 Å². The third kappa shape index (κ3) is 3.83. The highest BCUT2D eigenvalue weighted by atomic mass is 79.9. The molecule has 0 atom stereocenters. The lowest BCUT2D eigenvalue weighted by Gasteiger charge is -2.12. The first-order chi connectivity index (χ1) is 8.45. The van der Waals surface area contributed by atoms with Crippen molar-refractivity contribution < 1.29 is 23.0 Å². The van der Waals surface area contributed by atoms with Crippen molar-refractivity contribution in [3.63, 3.8) is 0 Å². The van der Waals surface area contributed by atoms with Gasteiger partial charge in [-0.05, 0) is 34.5 Å². The van der Waals surface area contributed by atoms with E-state index in [2.05, 4.69) is 20.7 Å². The predicted molar refractivity (Wildman–Crippen MR) is 65.5 cm³/mol. The van der Waals surface area contributed by atoms with Gasteiger partial charge in [0.25, 0.3) is 0 Å². The predicted octanol–water partition coefficient (Wildman–Crippen LogP) is 2.74. The van der Waals surface area contributed by atoms with Gasteiger partial charge in [0.1, 0.15) is 5.75 Å². The molecule has 18 heavy (non-hydrogen) atoms. The molecule has 0 heterocycles. The molecule has 0 amide bonds. The molecule has 0 saturated heterocycles. The molecule has 0 unspecified atom stereocenters. The molecule has 0 bridgehead atoms. The maximum atomic E-state index is 12.1. The molecule has 0 saturated carbocycles.